The Morgan fingerprint density at radius 1 is 1.41 bits per heavy atom. The summed E-state index contributed by atoms with van der Waals surface area (Å²) >= 11 is 0. The Labute approximate surface area is 102 Å². The second-order valence-electron chi connectivity index (χ2n) is 4.27. The van der Waals surface area contributed by atoms with Gasteiger partial charge in [0, 0.05) is 18.7 Å². The van der Waals surface area contributed by atoms with Gasteiger partial charge in [-0.2, -0.15) is 0 Å². The summed E-state index contributed by atoms with van der Waals surface area (Å²) in [4.78, 5) is 14.1. The van der Waals surface area contributed by atoms with E-state index in [9.17, 15) is 4.79 Å². The van der Waals surface area contributed by atoms with Gasteiger partial charge >= 0.3 is 0 Å². The van der Waals surface area contributed by atoms with Gasteiger partial charge in [-0.3, -0.25) is 9.69 Å². The molecule has 0 aliphatic carbocycles. The quantitative estimate of drug-likeness (QED) is 0.857. The van der Waals surface area contributed by atoms with E-state index in [-0.39, 0.29) is 11.9 Å². The molecule has 1 unspecified atom stereocenters. The molecule has 1 heterocycles. The number of likely N-dealkylation sites (N-methyl/N-ethyl adjacent to an activating group) is 2. The molecule has 3 heteroatoms. The number of benzene rings is 1. The van der Waals surface area contributed by atoms with E-state index in [1.807, 2.05) is 38.2 Å². The van der Waals surface area contributed by atoms with Gasteiger partial charge < -0.3 is 5.32 Å². The van der Waals surface area contributed by atoms with E-state index in [0.717, 1.165) is 12.1 Å². The van der Waals surface area contributed by atoms with Gasteiger partial charge in [-0.25, -0.2) is 0 Å². The number of rotatable bonds is 3. The first kappa shape index (κ1) is 11.9. The number of nitrogens with zero attached hydrogens (tertiary/aromatic N) is 1. The first-order chi connectivity index (χ1) is 8.24. The van der Waals surface area contributed by atoms with Gasteiger partial charge in [-0.05, 0) is 19.5 Å². The minimum atomic E-state index is 0.0469. The minimum Gasteiger partial charge on any atom is -0.353 e. The first-order valence-corrected chi connectivity index (χ1v) is 5.97. The van der Waals surface area contributed by atoms with Crippen LogP contribution in [0.4, 0.5) is 0 Å². The smallest absolute Gasteiger partial charge is 0.248 e. The minimum absolute atomic E-state index is 0.0469. The maximum atomic E-state index is 12.0. The first-order valence-electron chi connectivity index (χ1n) is 5.97. The van der Waals surface area contributed by atoms with Crippen molar-refractivity contribution in [3.63, 3.8) is 0 Å². The Hall–Kier alpha value is -1.61. The third-order valence-corrected chi connectivity index (χ3v) is 3.05. The number of amides is 1. The third kappa shape index (κ3) is 2.39. The van der Waals surface area contributed by atoms with Crippen LogP contribution in [0.25, 0.3) is 0 Å². The molecule has 0 spiro atoms. The monoisotopic (exact) mass is 230 g/mol. The molecular weight excluding hydrogens is 212 g/mol. The van der Waals surface area contributed by atoms with Crippen molar-refractivity contribution in [2.75, 3.05) is 20.1 Å². The maximum Gasteiger partial charge on any atom is 0.248 e. The van der Waals surface area contributed by atoms with Crippen LogP contribution in [0.2, 0.25) is 0 Å². The molecule has 1 aliphatic heterocycles. The standard InChI is InChI=1S/C14H18N2O/c1-3-15-14(17)12-9-10-16(2)13(12)11-7-5-4-6-8-11/h4-9,13H,3,10H2,1-2H3,(H,15,17). The van der Waals surface area contributed by atoms with Crippen molar-refractivity contribution < 1.29 is 4.79 Å². The molecular formula is C14H18N2O. The van der Waals surface area contributed by atoms with E-state index in [0.29, 0.717) is 6.54 Å². The van der Waals surface area contributed by atoms with Crippen molar-refractivity contribution in [2.45, 2.75) is 13.0 Å². The zero-order valence-corrected chi connectivity index (χ0v) is 10.3. The number of nitrogens with one attached hydrogen (secondary N) is 1. The van der Waals surface area contributed by atoms with Crippen molar-refractivity contribution in [2.24, 2.45) is 0 Å². The van der Waals surface area contributed by atoms with Gasteiger partial charge in [0.05, 0.1) is 6.04 Å². The van der Waals surface area contributed by atoms with Crippen LogP contribution < -0.4 is 5.32 Å². The summed E-state index contributed by atoms with van der Waals surface area (Å²) in [5.41, 5.74) is 2.03. The lowest BCUT2D eigenvalue weighted by Gasteiger charge is -2.23. The molecule has 0 saturated carbocycles. The van der Waals surface area contributed by atoms with Crippen LogP contribution in [0.1, 0.15) is 18.5 Å². The summed E-state index contributed by atoms with van der Waals surface area (Å²) in [5.74, 6) is 0.0469. The highest BCUT2D eigenvalue weighted by Crippen LogP contribution is 2.31. The van der Waals surface area contributed by atoms with Crippen molar-refractivity contribution >= 4 is 5.91 Å². The highest BCUT2D eigenvalue weighted by molar-refractivity contribution is 5.95. The second-order valence-corrected chi connectivity index (χ2v) is 4.27. The van der Waals surface area contributed by atoms with Crippen LogP contribution in [-0.2, 0) is 4.79 Å². The van der Waals surface area contributed by atoms with Crippen molar-refractivity contribution in [1.29, 1.82) is 0 Å². The number of hydrogen-bond donors (Lipinski definition) is 1. The van der Waals surface area contributed by atoms with Crippen LogP contribution in [0, 0.1) is 0 Å². The SMILES string of the molecule is CCNC(=O)C1=CCN(C)C1c1ccccc1. The molecule has 1 aromatic rings. The molecule has 1 N–H and O–H groups in total. The van der Waals surface area contributed by atoms with Gasteiger partial charge in [0.1, 0.15) is 0 Å². The highest BCUT2D eigenvalue weighted by Gasteiger charge is 2.29. The van der Waals surface area contributed by atoms with Crippen LogP contribution in [0.5, 0.6) is 0 Å². The van der Waals surface area contributed by atoms with Gasteiger partial charge in [-0.15, -0.1) is 0 Å². The predicted molar refractivity (Wildman–Crippen MR) is 68.6 cm³/mol. The summed E-state index contributed by atoms with van der Waals surface area (Å²) in [6.45, 7) is 3.43. The Morgan fingerprint density at radius 3 is 2.76 bits per heavy atom. The van der Waals surface area contributed by atoms with Crippen molar-refractivity contribution in [3.05, 3.63) is 47.5 Å². The normalized spacial score (nSPS) is 20.1. The van der Waals surface area contributed by atoms with E-state index < -0.39 is 0 Å². The Kier molecular flexibility index (Phi) is 3.59. The van der Waals surface area contributed by atoms with Crippen LogP contribution >= 0.6 is 0 Å². The number of carbonyl (C=O) groups excluding carboxylic acids is 1. The van der Waals surface area contributed by atoms with Crippen LogP contribution in [0.3, 0.4) is 0 Å². The Balaban J connectivity index is 2.25. The average molecular weight is 230 g/mol. The Bertz CT molecular complexity index is 425. The summed E-state index contributed by atoms with van der Waals surface area (Å²) in [7, 11) is 2.04. The summed E-state index contributed by atoms with van der Waals surface area (Å²) in [5, 5.41) is 2.87. The van der Waals surface area contributed by atoms with Crippen molar-refractivity contribution in [1.82, 2.24) is 10.2 Å². The lowest BCUT2D eigenvalue weighted by molar-refractivity contribution is -0.117. The fourth-order valence-electron chi connectivity index (χ4n) is 2.25. The summed E-state index contributed by atoms with van der Waals surface area (Å²) in [6, 6.07) is 10.2. The summed E-state index contributed by atoms with van der Waals surface area (Å²) in [6.07, 6.45) is 2.02. The Morgan fingerprint density at radius 2 is 2.12 bits per heavy atom. The lowest BCUT2D eigenvalue weighted by atomic mass is 9.99. The average Bonchev–Trinajstić information content (AvgIpc) is 2.73. The molecule has 3 nitrogen and oxygen atoms in total. The molecule has 1 aromatic carbocycles. The fourth-order valence-corrected chi connectivity index (χ4v) is 2.25. The maximum absolute atomic E-state index is 12.0. The lowest BCUT2D eigenvalue weighted by Crippen LogP contribution is -2.29. The highest BCUT2D eigenvalue weighted by atomic mass is 16.1. The second kappa shape index (κ2) is 5.15. The molecule has 1 aliphatic rings. The topological polar surface area (TPSA) is 32.3 Å². The molecule has 0 radical (unpaired) electrons. The van der Waals surface area contributed by atoms with Crippen molar-refractivity contribution in [3.8, 4) is 0 Å². The zero-order chi connectivity index (χ0) is 12.3. The molecule has 1 amide bonds. The largest absolute Gasteiger partial charge is 0.353 e. The van der Waals surface area contributed by atoms with Crippen LogP contribution in [-0.4, -0.2) is 30.9 Å². The van der Waals surface area contributed by atoms with E-state index in [4.69, 9.17) is 0 Å². The van der Waals surface area contributed by atoms with Gasteiger partial charge in [0.25, 0.3) is 0 Å². The zero-order valence-electron chi connectivity index (χ0n) is 10.3. The summed E-state index contributed by atoms with van der Waals surface area (Å²) < 4.78 is 0. The van der Waals surface area contributed by atoms with Crippen LogP contribution in [0.15, 0.2) is 42.0 Å². The van der Waals surface area contributed by atoms with E-state index in [2.05, 4.69) is 22.3 Å². The molecule has 0 fully saturated rings. The molecule has 90 valence electrons. The number of carbonyl (C=O) groups is 1. The molecule has 1 atom stereocenters. The molecule has 2 rings (SSSR count). The van der Waals surface area contributed by atoms with E-state index >= 15 is 0 Å². The van der Waals surface area contributed by atoms with Gasteiger partial charge in [0.2, 0.25) is 5.91 Å². The predicted octanol–water partition coefficient (Wildman–Crippen LogP) is 1.74. The molecule has 0 saturated heterocycles. The number of hydrogen-bond acceptors (Lipinski definition) is 2. The van der Waals surface area contributed by atoms with E-state index in [1.165, 1.54) is 5.56 Å². The molecule has 17 heavy (non-hydrogen) atoms. The van der Waals surface area contributed by atoms with Gasteiger partial charge in [0.15, 0.2) is 0 Å². The fraction of sp³-hybridized carbons (Fsp3) is 0.357. The van der Waals surface area contributed by atoms with Gasteiger partial charge in [-0.1, -0.05) is 36.4 Å². The molecule has 0 aromatic heterocycles. The third-order valence-electron chi connectivity index (χ3n) is 3.05. The van der Waals surface area contributed by atoms with E-state index in [1.54, 1.807) is 0 Å². The molecule has 0 bridgehead atoms.